The number of hydrogen-bond donors (Lipinski definition) is 1. The second-order valence-electron chi connectivity index (χ2n) is 7.73. The summed E-state index contributed by atoms with van der Waals surface area (Å²) >= 11 is 0. The molecule has 0 saturated carbocycles. The van der Waals surface area contributed by atoms with Crippen molar-refractivity contribution in [3.63, 3.8) is 0 Å². The molecule has 3 aromatic rings. The molecule has 1 aliphatic rings. The molecule has 0 aliphatic carbocycles. The summed E-state index contributed by atoms with van der Waals surface area (Å²) in [6, 6.07) is 14.9. The topological polar surface area (TPSA) is 91.3 Å². The standard InChI is InChI=1S/C22H26N6O2S/c1-16-7-8-19(17(2)15-16)31(29,30)28-13-11-27(12-14-28)22-10-9-21(25-26-22)24-20-6-4-5-18(3)23-20/h4-10,15H,11-14H2,1-3H3,(H,23,24,25). The Morgan fingerprint density at radius 3 is 2.29 bits per heavy atom. The third-order valence-corrected chi connectivity index (χ3v) is 7.36. The fraction of sp³-hybridized carbons (Fsp3) is 0.318. The molecule has 9 heteroatoms. The first kappa shape index (κ1) is 21.2. The number of piperazine rings is 1. The highest BCUT2D eigenvalue weighted by molar-refractivity contribution is 7.89. The van der Waals surface area contributed by atoms with Crippen LogP contribution in [0.15, 0.2) is 53.4 Å². The molecule has 31 heavy (non-hydrogen) atoms. The SMILES string of the molecule is Cc1ccc(S(=O)(=O)N2CCN(c3ccc(Nc4cccc(C)n4)nn3)CC2)c(C)c1. The first-order valence-electron chi connectivity index (χ1n) is 10.2. The summed E-state index contributed by atoms with van der Waals surface area (Å²) in [4.78, 5) is 6.83. The molecule has 162 valence electrons. The summed E-state index contributed by atoms with van der Waals surface area (Å²) in [5, 5.41) is 11.7. The highest BCUT2D eigenvalue weighted by atomic mass is 32.2. The van der Waals surface area contributed by atoms with Crippen LogP contribution in [0.1, 0.15) is 16.8 Å². The summed E-state index contributed by atoms with van der Waals surface area (Å²) in [5.41, 5.74) is 2.75. The monoisotopic (exact) mass is 438 g/mol. The Morgan fingerprint density at radius 1 is 0.871 bits per heavy atom. The Labute approximate surface area is 183 Å². The van der Waals surface area contributed by atoms with E-state index in [2.05, 4.69) is 25.4 Å². The number of hydrogen-bond acceptors (Lipinski definition) is 7. The third-order valence-electron chi connectivity index (χ3n) is 5.31. The van der Waals surface area contributed by atoms with Crippen molar-refractivity contribution in [3.05, 3.63) is 65.4 Å². The zero-order chi connectivity index (χ0) is 22.0. The van der Waals surface area contributed by atoms with E-state index in [0.29, 0.717) is 42.7 Å². The van der Waals surface area contributed by atoms with Crippen molar-refractivity contribution < 1.29 is 8.42 Å². The lowest BCUT2D eigenvalue weighted by Crippen LogP contribution is -2.49. The Balaban J connectivity index is 1.40. The number of aromatic nitrogens is 3. The summed E-state index contributed by atoms with van der Waals surface area (Å²) in [5.74, 6) is 2.05. The number of anilines is 3. The van der Waals surface area contributed by atoms with E-state index in [1.54, 1.807) is 10.4 Å². The van der Waals surface area contributed by atoms with Crippen LogP contribution < -0.4 is 10.2 Å². The molecule has 1 N–H and O–H groups in total. The lowest BCUT2D eigenvalue weighted by Gasteiger charge is -2.34. The number of nitrogens with zero attached hydrogens (tertiary/aromatic N) is 5. The molecule has 3 heterocycles. The zero-order valence-corrected chi connectivity index (χ0v) is 18.7. The number of pyridine rings is 1. The van der Waals surface area contributed by atoms with Gasteiger partial charge in [0.05, 0.1) is 4.90 Å². The lowest BCUT2D eigenvalue weighted by molar-refractivity contribution is 0.383. The van der Waals surface area contributed by atoms with Gasteiger partial charge < -0.3 is 10.2 Å². The fourth-order valence-electron chi connectivity index (χ4n) is 3.69. The van der Waals surface area contributed by atoms with Gasteiger partial charge in [0, 0.05) is 31.9 Å². The molecule has 1 fully saturated rings. The van der Waals surface area contributed by atoms with E-state index in [9.17, 15) is 8.42 Å². The summed E-state index contributed by atoms with van der Waals surface area (Å²) < 4.78 is 27.7. The maximum absolute atomic E-state index is 13.1. The summed E-state index contributed by atoms with van der Waals surface area (Å²) in [7, 11) is -3.51. The normalized spacial score (nSPS) is 15.1. The zero-order valence-electron chi connectivity index (χ0n) is 17.9. The van der Waals surface area contributed by atoms with Crippen LogP contribution in [0.5, 0.6) is 0 Å². The number of aryl methyl sites for hydroxylation is 3. The first-order chi connectivity index (χ1) is 14.8. The van der Waals surface area contributed by atoms with Crippen molar-refractivity contribution in [2.24, 2.45) is 0 Å². The van der Waals surface area contributed by atoms with E-state index in [1.165, 1.54) is 0 Å². The minimum atomic E-state index is -3.51. The minimum Gasteiger partial charge on any atom is -0.352 e. The van der Waals surface area contributed by atoms with Crippen LogP contribution in [0.4, 0.5) is 17.5 Å². The largest absolute Gasteiger partial charge is 0.352 e. The van der Waals surface area contributed by atoms with Gasteiger partial charge in [-0.15, -0.1) is 10.2 Å². The number of nitrogens with one attached hydrogen (secondary N) is 1. The van der Waals surface area contributed by atoms with E-state index in [4.69, 9.17) is 0 Å². The minimum absolute atomic E-state index is 0.381. The van der Waals surface area contributed by atoms with Crippen molar-refractivity contribution >= 4 is 27.5 Å². The van der Waals surface area contributed by atoms with Gasteiger partial charge in [-0.25, -0.2) is 13.4 Å². The van der Waals surface area contributed by atoms with Gasteiger partial charge in [-0.05, 0) is 56.7 Å². The molecule has 0 amide bonds. The third kappa shape index (κ3) is 4.67. The van der Waals surface area contributed by atoms with Crippen molar-refractivity contribution in [3.8, 4) is 0 Å². The molecule has 0 atom stereocenters. The summed E-state index contributed by atoms with van der Waals surface area (Å²) in [6.45, 7) is 7.67. The Hall–Kier alpha value is -3.04. The van der Waals surface area contributed by atoms with Crippen LogP contribution in [0.25, 0.3) is 0 Å². The van der Waals surface area contributed by atoms with Crippen LogP contribution in [0, 0.1) is 20.8 Å². The fourth-order valence-corrected chi connectivity index (χ4v) is 5.32. The Kier molecular flexibility index (Phi) is 5.88. The van der Waals surface area contributed by atoms with Crippen LogP contribution >= 0.6 is 0 Å². The predicted molar refractivity (Wildman–Crippen MR) is 121 cm³/mol. The molecule has 1 aliphatic heterocycles. The molecule has 1 aromatic carbocycles. The molecule has 0 bridgehead atoms. The lowest BCUT2D eigenvalue weighted by atomic mass is 10.2. The van der Waals surface area contributed by atoms with Crippen LogP contribution in [-0.4, -0.2) is 54.1 Å². The van der Waals surface area contributed by atoms with Crippen molar-refractivity contribution in [2.45, 2.75) is 25.7 Å². The van der Waals surface area contributed by atoms with E-state index in [-0.39, 0.29) is 0 Å². The molecule has 1 saturated heterocycles. The molecular weight excluding hydrogens is 412 g/mol. The van der Waals surface area contributed by atoms with Gasteiger partial charge in [0.15, 0.2) is 11.6 Å². The van der Waals surface area contributed by atoms with E-state index < -0.39 is 10.0 Å². The smallest absolute Gasteiger partial charge is 0.243 e. The molecule has 0 spiro atoms. The van der Waals surface area contributed by atoms with Gasteiger partial charge >= 0.3 is 0 Å². The van der Waals surface area contributed by atoms with Crippen LogP contribution in [0.3, 0.4) is 0 Å². The number of rotatable bonds is 5. The van der Waals surface area contributed by atoms with E-state index in [1.807, 2.05) is 63.2 Å². The number of sulfonamides is 1. The second-order valence-corrected chi connectivity index (χ2v) is 9.63. The van der Waals surface area contributed by atoms with Gasteiger partial charge in [0.2, 0.25) is 10.0 Å². The van der Waals surface area contributed by atoms with E-state index >= 15 is 0 Å². The Bertz CT molecular complexity index is 1170. The average Bonchev–Trinajstić information content (AvgIpc) is 2.74. The van der Waals surface area contributed by atoms with Crippen LogP contribution in [0.2, 0.25) is 0 Å². The van der Waals surface area contributed by atoms with Crippen molar-refractivity contribution in [1.82, 2.24) is 19.5 Å². The first-order valence-corrected chi connectivity index (χ1v) is 11.6. The summed E-state index contributed by atoms with van der Waals surface area (Å²) in [6.07, 6.45) is 0. The van der Waals surface area contributed by atoms with Crippen LogP contribution in [-0.2, 0) is 10.0 Å². The molecule has 4 rings (SSSR count). The molecule has 0 unspecified atom stereocenters. The highest BCUT2D eigenvalue weighted by Gasteiger charge is 2.30. The molecule has 8 nitrogen and oxygen atoms in total. The van der Waals surface area contributed by atoms with Gasteiger partial charge in [0.25, 0.3) is 0 Å². The van der Waals surface area contributed by atoms with Gasteiger partial charge in [-0.1, -0.05) is 23.8 Å². The average molecular weight is 439 g/mol. The molecular formula is C22H26N6O2S. The quantitative estimate of drug-likeness (QED) is 0.655. The second kappa shape index (κ2) is 8.60. The predicted octanol–water partition coefficient (Wildman–Crippen LogP) is 3.05. The highest BCUT2D eigenvalue weighted by Crippen LogP contribution is 2.23. The molecule has 0 radical (unpaired) electrons. The number of benzene rings is 1. The maximum atomic E-state index is 13.1. The Morgan fingerprint density at radius 2 is 1.65 bits per heavy atom. The van der Waals surface area contributed by atoms with Crippen molar-refractivity contribution in [2.75, 3.05) is 36.4 Å². The van der Waals surface area contributed by atoms with Gasteiger partial charge in [-0.2, -0.15) is 4.31 Å². The molecule has 2 aromatic heterocycles. The van der Waals surface area contributed by atoms with Crippen molar-refractivity contribution in [1.29, 1.82) is 0 Å². The maximum Gasteiger partial charge on any atom is 0.243 e. The van der Waals surface area contributed by atoms with Gasteiger partial charge in [0.1, 0.15) is 5.82 Å². The van der Waals surface area contributed by atoms with E-state index in [0.717, 1.165) is 22.6 Å². The van der Waals surface area contributed by atoms with Gasteiger partial charge in [-0.3, -0.25) is 0 Å².